The van der Waals surface area contributed by atoms with Gasteiger partial charge in [-0.1, -0.05) is 316 Å². The zero-order valence-electron chi connectivity index (χ0n) is 42.9. The Hall–Kier alpha value is -0.850. The quantitative estimate of drug-likeness (QED) is 0.0454. The van der Waals surface area contributed by atoms with E-state index in [9.17, 15) is 0 Å². The standard InChI is InChI=1S/C60H116N/c1-4-7-10-13-16-19-22-25-28-30-32-35-38-41-44-47-51-56-60(61-58-53-49-54-59-61,55-50-46-43-40-37-34-27-24-21-18-15-12-9-6-3)57-52-48-45-42-39-36-33-31-29-26-23-20-17-14-11-8-5-2/h49,53-54,58-59H,4-48,50-52,55-57H2,1-3H3/q+1. The van der Waals surface area contributed by atoms with Crippen LogP contribution in [0.3, 0.4) is 0 Å². The molecule has 0 saturated carbocycles. The van der Waals surface area contributed by atoms with Gasteiger partial charge < -0.3 is 0 Å². The molecule has 0 radical (unpaired) electrons. The summed E-state index contributed by atoms with van der Waals surface area (Å²) in [6.45, 7) is 6.96. The molecule has 360 valence electrons. The van der Waals surface area contributed by atoms with Gasteiger partial charge in [-0.25, -0.2) is 0 Å². The third-order valence-corrected chi connectivity index (χ3v) is 14.8. The molecule has 0 unspecified atom stereocenters. The molecule has 0 atom stereocenters. The summed E-state index contributed by atoms with van der Waals surface area (Å²) in [6.07, 6.45) is 78.9. The minimum Gasteiger partial charge on any atom is -0.200 e. The van der Waals surface area contributed by atoms with Gasteiger partial charge in [0.25, 0.3) is 0 Å². The van der Waals surface area contributed by atoms with E-state index in [-0.39, 0.29) is 0 Å². The zero-order chi connectivity index (χ0) is 43.7. The summed E-state index contributed by atoms with van der Waals surface area (Å²) < 4.78 is 2.70. The van der Waals surface area contributed by atoms with Gasteiger partial charge in [0.15, 0.2) is 17.9 Å². The third kappa shape index (κ3) is 39.3. The summed E-state index contributed by atoms with van der Waals surface area (Å²) in [5.74, 6) is 0. The highest BCUT2D eigenvalue weighted by Crippen LogP contribution is 2.32. The molecule has 0 N–H and O–H groups in total. The van der Waals surface area contributed by atoms with Crippen LogP contribution in [0, 0.1) is 0 Å². The molecule has 0 aliphatic rings. The van der Waals surface area contributed by atoms with Crippen molar-refractivity contribution in [3.63, 3.8) is 0 Å². The van der Waals surface area contributed by atoms with E-state index in [0.717, 1.165) is 0 Å². The zero-order valence-corrected chi connectivity index (χ0v) is 42.9. The molecule has 0 amide bonds. The molecule has 0 bridgehead atoms. The average molecular weight is 852 g/mol. The van der Waals surface area contributed by atoms with E-state index in [0.29, 0.717) is 5.54 Å². The Bertz CT molecular complexity index is 885. The van der Waals surface area contributed by atoms with Crippen molar-refractivity contribution in [2.75, 3.05) is 0 Å². The van der Waals surface area contributed by atoms with Crippen LogP contribution in [0.15, 0.2) is 30.6 Å². The van der Waals surface area contributed by atoms with E-state index >= 15 is 0 Å². The molecule has 0 fully saturated rings. The van der Waals surface area contributed by atoms with Crippen molar-refractivity contribution in [2.24, 2.45) is 0 Å². The van der Waals surface area contributed by atoms with E-state index in [1.807, 2.05) is 0 Å². The predicted octanol–water partition coefficient (Wildman–Crippen LogP) is 21.6. The Morgan fingerprint density at radius 1 is 0.213 bits per heavy atom. The predicted molar refractivity (Wildman–Crippen MR) is 277 cm³/mol. The number of hydrogen-bond donors (Lipinski definition) is 0. The van der Waals surface area contributed by atoms with Crippen molar-refractivity contribution in [3.8, 4) is 0 Å². The molecule has 1 nitrogen and oxygen atoms in total. The molecule has 1 heterocycles. The van der Waals surface area contributed by atoms with Gasteiger partial charge in [-0.2, -0.15) is 4.57 Å². The molecule has 0 spiro atoms. The van der Waals surface area contributed by atoms with Crippen molar-refractivity contribution in [3.05, 3.63) is 30.6 Å². The lowest BCUT2D eigenvalue weighted by Gasteiger charge is -2.29. The van der Waals surface area contributed by atoms with Gasteiger partial charge in [-0.3, -0.25) is 0 Å². The topological polar surface area (TPSA) is 3.88 Å². The number of unbranched alkanes of at least 4 members (excludes halogenated alkanes) is 45. The maximum atomic E-state index is 2.70. The first-order chi connectivity index (χ1) is 30.3. The minimum absolute atomic E-state index is 0.323. The molecular weight excluding hydrogens is 735 g/mol. The van der Waals surface area contributed by atoms with Crippen LogP contribution >= 0.6 is 0 Å². The largest absolute Gasteiger partial charge is 0.200 e. The van der Waals surface area contributed by atoms with Gasteiger partial charge >= 0.3 is 0 Å². The van der Waals surface area contributed by atoms with Gasteiger partial charge in [0.1, 0.15) is 0 Å². The normalized spacial score (nSPS) is 11.9. The summed E-state index contributed by atoms with van der Waals surface area (Å²) >= 11 is 0. The van der Waals surface area contributed by atoms with Gasteiger partial charge in [-0.05, 0) is 19.3 Å². The number of nitrogens with zero attached hydrogens (tertiary/aromatic N) is 1. The number of rotatable bonds is 52. The monoisotopic (exact) mass is 851 g/mol. The van der Waals surface area contributed by atoms with Crippen molar-refractivity contribution in [1.82, 2.24) is 0 Å². The van der Waals surface area contributed by atoms with Crippen LogP contribution in [-0.2, 0) is 5.54 Å². The summed E-state index contributed by atoms with van der Waals surface area (Å²) in [6, 6.07) is 6.85. The highest BCUT2D eigenvalue weighted by Gasteiger charge is 2.37. The fraction of sp³-hybridized carbons (Fsp3) is 0.917. The van der Waals surface area contributed by atoms with E-state index in [2.05, 4.69) is 55.9 Å². The Balaban J connectivity index is 2.41. The molecule has 61 heavy (non-hydrogen) atoms. The van der Waals surface area contributed by atoms with Gasteiger partial charge in [0.05, 0.1) is 0 Å². The Kier molecular flexibility index (Phi) is 46.3. The smallest absolute Gasteiger partial charge is 0.169 e. The number of hydrogen-bond acceptors (Lipinski definition) is 0. The molecule has 0 saturated heterocycles. The molecule has 1 rings (SSSR count). The van der Waals surface area contributed by atoms with Crippen LogP contribution in [0.2, 0.25) is 0 Å². The maximum absolute atomic E-state index is 2.70. The Morgan fingerprint density at radius 3 is 0.557 bits per heavy atom. The lowest BCUT2D eigenvalue weighted by Crippen LogP contribution is -2.55. The van der Waals surface area contributed by atoms with E-state index < -0.39 is 0 Å². The first-order valence-corrected chi connectivity index (χ1v) is 29.3. The van der Waals surface area contributed by atoms with Crippen LogP contribution in [0.4, 0.5) is 0 Å². The highest BCUT2D eigenvalue weighted by molar-refractivity contribution is 4.86. The van der Waals surface area contributed by atoms with E-state index in [1.165, 1.54) is 327 Å². The second-order valence-electron chi connectivity index (χ2n) is 20.7. The molecule has 0 aliphatic heterocycles. The molecule has 1 aromatic heterocycles. The number of aromatic nitrogens is 1. The first-order valence-electron chi connectivity index (χ1n) is 29.3. The van der Waals surface area contributed by atoms with Crippen LogP contribution in [0.1, 0.15) is 348 Å². The summed E-state index contributed by atoms with van der Waals surface area (Å²) in [5.41, 5.74) is 0.323. The number of pyridine rings is 1. The highest BCUT2D eigenvalue weighted by atomic mass is 15.0. The summed E-state index contributed by atoms with van der Waals surface area (Å²) in [5, 5.41) is 0. The molecule has 1 aromatic rings. The third-order valence-electron chi connectivity index (χ3n) is 14.8. The second-order valence-corrected chi connectivity index (χ2v) is 20.7. The van der Waals surface area contributed by atoms with Crippen LogP contribution < -0.4 is 4.57 Å². The van der Waals surface area contributed by atoms with Crippen LogP contribution in [0.5, 0.6) is 0 Å². The Labute approximate surface area is 387 Å². The Morgan fingerprint density at radius 2 is 0.377 bits per heavy atom. The summed E-state index contributed by atoms with van der Waals surface area (Å²) in [4.78, 5) is 0. The second kappa shape index (κ2) is 48.6. The molecule has 0 aromatic carbocycles. The lowest BCUT2D eigenvalue weighted by atomic mass is 9.81. The minimum atomic E-state index is 0.323. The first kappa shape index (κ1) is 58.2. The fourth-order valence-corrected chi connectivity index (χ4v) is 10.5. The van der Waals surface area contributed by atoms with Crippen molar-refractivity contribution in [1.29, 1.82) is 0 Å². The van der Waals surface area contributed by atoms with Gasteiger partial charge in [0, 0.05) is 31.4 Å². The lowest BCUT2D eigenvalue weighted by molar-refractivity contribution is -0.768. The van der Waals surface area contributed by atoms with Crippen molar-refractivity contribution in [2.45, 2.75) is 354 Å². The fourth-order valence-electron chi connectivity index (χ4n) is 10.5. The van der Waals surface area contributed by atoms with Crippen LogP contribution in [-0.4, -0.2) is 0 Å². The van der Waals surface area contributed by atoms with E-state index in [1.54, 1.807) is 0 Å². The molecule has 0 aliphatic carbocycles. The van der Waals surface area contributed by atoms with Gasteiger partial charge in [0.2, 0.25) is 0 Å². The SMILES string of the molecule is CCCCCCCCCCCCCCCCCCCC(CCCCCCCCCCCCCCCC)(CCCCCCCCCCCCCCCCCCC)[n+]1ccccc1. The maximum Gasteiger partial charge on any atom is 0.169 e. The average Bonchev–Trinajstić information content (AvgIpc) is 3.28. The summed E-state index contributed by atoms with van der Waals surface area (Å²) in [7, 11) is 0. The molecule has 1 heteroatoms. The molecular formula is C60H116N+. The van der Waals surface area contributed by atoms with E-state index in [4.69, 9.17) is 0 Å². The van der Waals surface area contributed by atoms with Crippen molar-refractivity contribution < 1.29 is 4.57 Å². The van der Waals surface area contributed by atoms with Gasteiger partial charge in [-0.15, -0.1) is 0 Å². The van der Waals surface area contributed by atoms with Crippen molar-refractivity contribution >= 4 is 0 Å². The van der Waals surface area contributed by atoms with Crippen LogP contribution in [0.25, 0.3) is 0 Å².